The highest BCUT2D eigenvalue weighted by molar-refractivity contribution is 8.35. The Labute approximate surface area is 141 Å². The third-order valence-corrected chi connectivity index (χ3v) is 4.07. The van der Waals surface area contributed by atoms with Gasteiger partial charge in [0.1, 0.15) is 17.0 Å². The Balaban J connectivity index is 2.19. The van der Waals surface area contributed by atoms with Gasteiger partial charge in [0.15, 0.2) is 0 Å². The summed E-state index contributed by atoms with van der Waals surface area (Å²) in [6, 6.07) is 12.2. The lowest BCUT2D eigenvalue weighted by Gasteiger charge is -2.14. The number of hydrogen-bond donors (Lipinski definition) is 0. The highest BCUT2D eigenvalue weighted by Crippen LogP contribution is 2.33. The third-order valence-electron chi connectivity index (χ3n) is 3.36. The standard InChI is InChI=1S/C18H17N3O2S/c1-24(2,3)13-11-16-18(19-17-6-4-5-12-20(16)17)14-7-9-15(10-8-14)21(22)23/h4-10,12H,1-3H3. The van der Waals surface area contributed by atoms with Gasteiger partial charge in [0, 0.05) is 23.9 Å². The first-order valence-corrected chi connectivity index (χ1v) is 10.1. The smallest absolute Gasteiger partial charge is 0.269 e. The van der Waals surface area contributed by atoms with Crippen LogP contribution in [0.1, 0.15) is 5.69 Å². The molecule has 2 heterocycles. The van der Waals surface area contributed by atoms with E-state index in [1.807, 2.05) is 28.8 Å². The average molecular weight is 339 g/mol. The second-order valence-corrected chi connectivity index (χ2v) is 9.98. The molecule has 0 aliphatic rings. The van der Waals surface area contributed by atoms with Crippen molar-refractivity contribution in [2.75, 3.05) is 18.8 Å². The Kier molecular flexibility index (Phi) is 4.04. The van der Waals surface area contributed by atoms with Gasteiger partial charge >= 0.3 is 0 Å². The number of aromatic nitrogens is 2. The van der Waals surface area contributed by atoms with Crippen molar-refractivity contribution in [1.29, 1.82) is 0 Å². The number of hydrogen-bond acceptors (Lipinski definition) is 3. The van der Waals surface area contributed by atoms with E-state index in [0.29, 0.717) is 0 Å². The zero-order valence-corrected chi connectivity index (χ0v) is 14.5. The first kappa shape index (κ1) is 16.1. The summed E-state index contributed by atoms with van der Waals surface area (Å²) in [6.07, 6.45) is 8.33. The molecule has 0 aliphatic carbocycles. The van der Waals surface area contributed by atoms with Crippen LogP contribution in [0.5, 0.6) is 0 Å². The van der Waals surface area contributed by atoms with Gasteiger partial charge in [-0.3, -0.25) is 14.5 Å². The highest BCUT2D eigenvalue weighted by atomic mass is 32.3. The zero-order valence-electron chi connectivity index (χ0n) is 13.7. The van der Waals surface area contributed by atoms with E-state index in [0.717, 1.165) is 22.6 Å². The lowest BCUT2D eigenvalue weighted by Crippen LogP contribution is -1.91. The van der Waals surface area contributed by atoms with Gasteiger partial charge in [-0.25, -0.2) is 4.98 Å². The van der Waals surface area contributed by atoms with E-state index in [1.54, 1.807) is 12.1 Å². The van der Waals surface area contributed by atoms with Gasteiger partial charge in [-0.1, -0.05) is 6.07 Å². The molecule has 0 atom stereocenters. The number of fused-ring (bicyclic) bond motifs is 1. The number of non-ortho nitro benzene ring substituents is 1. The van der Waals surface area contributed by atoms with Gasteiger partial charge in [-0.05, 0) is 54.2 Å². The fourth-order valence-electron chi connectivity index (χ4n) is 2.26. The quantitative estimate of drug-likeness (QED) is 0.404. The minimum atomic E-state index is -0.977. The second kappa shape index (κ2) is 6.02. The normalized spacial score (nSPS) is 11.8. The summed E-state index contributed by atoms with van der Waals surface area (Å²) in [5, 5.41) is 14.2. The molecule has 0 radical (unpaired) electrons. The number of benzene rings is 1. The van der Waals surface area contributed by atoms with Crippen molar-refractivity contribution in [3.8, 4) is 22.4 Å². The van der Waals surface area contributed by atoms with Crippen molar-refractivity contribution < 1.29 is 4.92 Å². The van der Waals surface area contributed by atoms with Crippen LogP contribution in [-0.2, 0) is 0 Å². The molecule has 3 rings (SSSR count). The monoisotopic (exact) mass is 339 g/mol. The maximum Gasteiger partial charge on any atom is 0.269 e. The summed E-state index contributed by atoms with van der Waals surface area (Å²) < 4.78 is 1.95. The Morgan fingerprint density at radius 3 is 2.46 bits per heavy atom. The average Bonchev–Trinajstić information content (AvgIpc) is 2.91. The van der Waals surface area contributed by atoms with Crippen LogP contribution in [0.15, 0.2) is 48.7 Å². The Hall–Kier alpha value is -2.78. The predicted octanol–water partition coefficient (Wildman–Crippen LogP) is 3.91. The van der Waals surface area contributed by atoms with Crippen LogP contribution >= 0.6 is 10.0 Å². The molecular weight excluding hydrogens is 322 g/mol. The minimum Gasteiger partial charge on any atom is -0.292 e. The molecule has 0 bridgehead atoms. The number of rotatable bonds is 2. The van der Waals surface area contributed by atoms with E-state index in [-0.39, 0.29) is 5.69 Å². The fourth-order valence-corrected chi connectivity index (χ4v) is 2.66. The number of nitro benzene ring substituents is 1. The molecule has 0 fully saturated rings. The molecule has 3 aromatic rings. The van der Waals surface area contributed by atoms with Crippen molar-refractivity contribution >= 4 is 21.4 Å². The van der Waals surface area contributed by atoms with Crippen LogP contribution in [0.3, 0.4) is 0 Å². The van der Waals surface area contributed by atoms with Gasteiger partial charge in [0.25, 0.3) is 5.69 Å². The summed E-state index contributed by atoms with van der Waals surface area (Å²) in [7, 11) is -0.977. The lowest BCUT2D eigenvalue weighted by atomic mass is 10.1. The molecule has 0 saturated heterocycles. The SMILES string of the molecule is CS(C)(C)C#Cc1c(-c2ccc([N+](=O)[O-])cc2)nc2ccccn12. The lowest BCUT2D eigenvalue weighted by molar-refractivity contribution is -0.384. The maximum absolute atomic E-state index is 10.8. The van der Waals surface area contributed by atoms with Crippen molar-refractivity contribution in [2.24, 2.45) is 0 Å². The molecule has 0 saturated carbocycles. The van der Waals surface area contributed by atoms with Crippen molar-refractivity contribution in [1.82, 2.24) is 9.38 Å². The number of nitrogens with zero attached hydrogens (tertiary/aromatic N) is 3. The van der Waals surface area contributed by atoms with E-state index < -0.39 is 15.0 Å². The van der Waals surface area contributed by atoms with E-state index >= 15 is 0 Å². The van der Waals surface area contributed by atoms with Gasteiger partial charge in [0.2, 0.25) is 0 Å². The van der Waals surface area contributed by atoms with E-state index in [9.17, 15) is 10.1 Å². The van der Waals surface area contributed by atoms with Gasteiger partial charge in [0.05, 0.1) is 4.92 Å². The zero-order chi connectivity index (χ0) is 17.3. The first-order chi connectivity index (χ1) is 11.3. The van der Waals surface area contributed by atoms with Crippen molar-refractivity contribution in [3.63, 3.8) is 0 Å². The molecule has 0 spiro atoms. The third kappa shape index (κ3) is 3.26. The van der Waals surface area contributed by atoms with Crippen LogP contribution in [0.2, 0.25) is 0 Å². The Bertz CT molecular complexity index is 973. The van der Waals surface area contributed by atoms with E-state index in [1.165, 1.54) is 12.1 Å². The molecule has 1 aromatic carbocycles. The van der Waals surface area contributed by atoms with Crippen molar-refractivity contribution in [2.45, 2.75) is 0 Å². The van der Waals surface area contributed by atoms with Crippen LogP contribution in [-0.4, -0.2) is 33.1 Å². The summed E-state index contributed by atoms with van der Waals surface area (Å²) in [5.41, 5.74) is 3.24. The molecule has 24 heavy (non-hydrogen) atoms. The van der Waals surface area contributed by atoms with Crippen LogP contribution in [0.4, 0.5) is 5.69 Å². The van der Waals surface area contributed by atoms with Gasteiger partial charge < -0.3 is 0 Å². The number of imidazole rings is 1. The van der Waals surface area contributed by atoms with Crippen LogP contribution in [0, 0.1) is 21.3 Å². The fraction of sp³-hybridized carbons (Fsp3) is 0.167. The largest absolute Gasteiger partial charge is 0.292 e. The second-order valence-electron chi connectivity index (χ2n) is 6.11. The molecule has 0 unspecified atom stereocenters. The van der Waals surface area contributed by atoms with Gasteiger partial charge in [-0.2, -0.15) is 10.0 Å². The Morgan fingerprint density at radius 1 is 1.12 bits per heavy atom. The molecule has 0 N–H and O–H groups in total. The predicted molar refractivity (Wildman–Crippen MR) is 99.5 cm³/mol. The molecule has 0 aliphatic heterocycles. The molecular formula is C18H17N3O2S. The summed E-state index contributed by atoms with van der Waals surface area (Å²) in [5.74, 6) is 3.27. The van der Waals surface area contributed by atoms with E-state index in [4.69, 9.17) is 0 Å². The maximum atomic E-state index is 10.8. The van der Waals surface area contributed by atoms with Crippen LogP contribution in [0.25, 0.3) is 16.9 Å². The van der Waals surface area contributed by atoms with Crippen molar-refractivity contribution in [3.05, 3.63) is 64.5 Å². The first-order valence-electron chi connectivity index (χ1n) is 7.28. The van der Waals surface area contributed by atoms with Crippen LogP contribution < -0.4 is 0 Å². The number of nitro groups is 1. The molecule has 6 heteroatoms. The number of pyridine rings is 1. The summed E-state index contributed by atoms with van der Waals surface area (Å²) in [6.45, 7) is 0. The summed E-state index contributed by atoms with van der Waals surface area (Å²) in [4.78, 5) is 15.1. The molecule has 0 amide bonds. The summed E-state index contributed by atoms with van der Waals surface area (Å²) >= 11 is 0. The highest BCUT2D eigenvalue weighted by Gasteiger charge is 2.14. The molecule has 122 valence electrons. The topological polar surface area (TPSA) is 60.4 Å². The van der Waals surface area contributed by atoms with E-state index in [2.05, 4.69) is 34.9 Å². The molecule has 5 nitrogen and oxygen atoms in total. The van der Waals surface area contributed by atoms with Gasteiger partial charge in [-0.15, -0.1) is 0 Å². The minimum absolute atomic E-state index is 0.0642. The Morgan fingerprint density at radius 2 is 1.83 bits per heavy atom. The molecule has 2 aromatic heterocycles.